The first-order valence-electron chi connectivity index (χ1n) is 10.8. The van der Waals surface area contributed by atoms with Crippen LogP contribution in [-0.2, 0) is 21.4 Å². The van der Waals surface area contributed by atoms with Crippen LogP contribution in [0.25, 0.3) is 0 Å². The molecule has 2 heterocycles. The second-order valence-electron chi connectivity index (χ2n) is 9.17. The predicted molar refractivity (Wildman–Crippen MR) is 108 cm³/mol. The van der Waals surface area contributed by atoms with Gasteiger partial charge in [-0.2, -0.15) is 0 Å². The number of rotatable bonds is 2. The summed E-state index contributed by atoms with van der Waals surface area (Å²) in [6.45, 7) is 2.42. The molecule has 5 unspecified atom stereocenters. The molecular weight excluding hydrogens is 346 g/mol. The number of ether oxygens (including phenoxy) is 1. The maximum Gasteiger partial charge on any atom is 0.226 e. The van der Waals surface area contributed by atoms with E-state index in [0.29, 0.717) is 23.8 Å². The Hall–Kier alpha value is -2.13. The second-order valence-corrected chi connectivity index (χ2v) is 9.17. The zero-order chi connectivity index (χ0) is 18.7. The SMILES string of the molecule is O=C(C1CC12CCc1ccccc12)N1CC(c2ccccc2)C2COCCC21. The lowest BCUT2D eigenvalue weighted by Crippen LogP contribution is -2.43. The first-order valence-corrected chi connectivity index (χ1v) is 10.8. The van der Waals surface area contributed by atoms with Crippen molar-refractivity contribution in [2.45, 2.75) is 43.1 Å². The van der Waals surface area contributed by atoms with Crippen molar-refractivity contribution in [1.29, 1.82) is 0 Å². The van der Waals surface area contributed by atoms with Crippen LogP contribution in [0.4, 0.5) is 0 Å². The van der Waals surface area contributed by atoms with Crippen molar-refractivity contribution in [3.05, 3.63) is 71.3 Å². The standard InChI is InChI=1S/C25H27NO2/c27-24(22-14-25(22)12-10-18-8-4-5-9-21(18)25)26-15-19(17-6-2-1-3-7-17)20-16-28-13-11-23(20)26/h1-9,19-20,22-23H,10-16H2. The fraction of sp³-hybridized carbons (Fsp3) is 0.480. The van der Waals surface area contributed by atoms with Crippen molar-refractivity contribution < 1.29 is 9.53 Å². The van der Waals surface area contributed by atoms with Crippen LogP contribution in [-0.4, -0.2) is 36.6 Å². The van der Waals surface area contributed by atoms with Crippen molar-refractivity contribution in [1.82, 2.24) is 4.90 Å². The highest BCUT2D eigenvalue weighted by atomic mass is 16.5. The molecule has 2 saturated heterocycles. The van der Waals surface area contributed by atoms with Gasteiger partial charge in [0.25, 0.3) is 0 Å². The third kappa shape index (κ3) is 2.35. The number of benzene rings is 2. The number of nitrogens with zero attached hydrogens (tertiary/aromatic N) is 1. The van der Waals surface area contributed by atoms with E-state index in [9.17, 15) is 4.79 Å². The summed E-state index contributed by atoms with van der Waals surface area (Å²) in [4.78, 5) is 16.0. The lowest BCUT2D eigenvalue weighted by Gasteiger charge is -2.33. The fourth-order valence-electron chi connectivity index (χ4n) is 6.43. The van der Waals surface area contributed by atoms with Gasteiger partial charge in [-0.1, -0.05) is 54.6 Å². The van der Waals surface area contributed by atoms with Crippen molar-refractivity contribution >= 4 is 5.91 Å². The minimum Gasteiger partial charge on any atom is -0.381 e. The Morgan fingerprint density at radius 3 is 2.79 bits per heavy atom. The van der Waals surface area contributed by atoms with Crippen molar-refractivity contribution in [3.8, 4) is 0 Å². The van der Waals surface area contributed by atoms with E-state index in [2.05, 4.69) is 59.5 Å². The zero-order valence-corrected chi connectivity index (χ0v) is 16.2. The minimum atomic E-state index is 0.138. The van der Waals surface area contributed by atoms with Crippen molar-refractivity contribution in [2.24, 2.45) is 11.8 Å². The molecule has 2 aromatic carbocycles. The van der Waals surface area contributed by atoms with Crippen LogP contribution in [0, 0.1) is 11.8 Å². The molecule has 3 fully saturated rings. The number of likely N-dealkylation sites (tertiary alicyclic amines) is 1. The van der Waals surface area contributed by atoms with Crippen LogP contribution in [0.15, 0.2) is 54.6 Å². The summed E-state index contributed by atoms with van der Waals surface area (Å²) in [6, 6.07) is 19.9. The molecule has 5 atom stereocenters. The van der Waals surface area contributed by atoms with Gasteiger partial charge >= 0.3 is 0 Å². The molecule has 2 aliphatic heterocycles. The van der Waals surface area contributed by atoms with Crippen LogP contribution < -0.4 is 0 Å². The zero-order valence-electron chi connectivity index (χ0n) is 16.2. The molecule has 4 aliphatic rings. The van der Waals surface area contributed by atoms with Crippen LogP contribution >= 0.6 is 0 Å². The van der Waals surface area contributed by atoms with Crippen molar-refractivity contribution in [3.63, 3.8) is 0 Å². The first kappa shape index (κ1) is 16.8. The summed E-state index contributed by atoms with van der Waals surface area (Å²) in [6.07, 6.45) is 4.31. The lowest BCUT2D eigenvalue weighted by molar-refractivity contribution is -0.135. The quantitative estimate of drug-likeness (QED) is 0.798. The molecule has 0 N–H and O–H groups in total. The van der Waals surface area contributed by atoms with Crippen LogP contribution in [0.2, 0.25) is 0 Å². The predicted octanol–water partition coefficient (Wildman–Crippen LogP) is 3.92. The van der Waals surface area contributed by atoms with Gasteiger partial charge < -0.3 is 9.64 Å². The summed E-state index contributed by atoms with van der Waals surface area (Å²) < 4.78 is 5.84. The number of fused-ring (bicyclic) bond motifs is 3. The van der Waals surface area contributed by atoms with Gasteiger partial charge in [-0.25, -0.2) is 0 Å². The topological polar surface area (TPSA) is 29.5 Å². The monoisotopic (exact) mass is 373 g/mol. The van der Waals surface area contributed by atoms with E-state index in [1.165, 1.54) is 16.7 Å². The van der Waals surface area contributed by atoms with E-state index in [0.717, 1.165) is 45.4 Å². The molecular formula is C25H27NO2. The average Bonchev–Trinajstić information content (AvgIpc) is 3.18. The van der Waals surface area contributed by atoms with Gasteiger partial charge in [0, 0.05) is 42.4 Å². The molecule has 28 heavy (non-hydrogen) atoms. The highest BCUT2D eigenvalue weighted by molar-refractivity contribution is 5.86. The summed E-state index contributed by atoms with van der Waals surface area (Å²) >= 11 is 0. The molecule has 2 aromatic rings. The highest BCUT2D eigenvalue weighted by Crippen LogP contribution is 2.62. The molecule has 1 amide bonds. The van der Waals surface area contributed by atoms with Crippen LogP contribution in [0.3, 0.4) is 0 Å². The second kappa shape index (κ2) is 6.18. The normalized spacial score (nSPS) is 35.6. The number of carbonyl (C=O) groups is 1. The Labute approximate surface area is 166 Å². The average molecular weight is 373 g/mol. The molecule has 3 heteroatoms. The summed E-state index contributed by atoms with van der Waals surface area (Å²) in [5.74, 6) is 1.44. The van der Waals surface area contributed by atoms with Gasteiger partial charge in [0.05, 0.1) is 6.61 Å². The Bertz CT molecular complexity index is 910. The number of amides is 1. The van der Waals surface area contributed by atoms with Crippen LogP contribution in [0.5, 0.6) is 0 Å². The maximum atomic E-state index is 13.7. The largest absolute Gasteiger partial charge is 0.381 e. The molecule has 0 bridgehead atoms. The maximum absolute atomic E-state index is 13.7. The Morgan fingerprint density at radius 1 is 1.07 bits per heavy atom. The van der Waals surface area contributed by atoms with Gasteiger partial charge in [-0.05, 0) is 42.4 Å². The Kier molecular flexibility index (Phi) is 3.71. The van der Waals surface area contributed by atoms with E-state index >= 15 is 0 Å². The molecule has 2 aliphatic carbocycles. The molecule has 3 nitrogen and oxygen atoms in total. The van der Waals surface area contributed by atoms with Gasteiger partial charge in [0.2, 0.25) is 5.91 Å². The number of hydrogen-bond acceptors (Lipinski definition) is 2. The first-order chi connectivity index (χ1) is 13.8. The minimum absolute atomic E-state index is 0.138. The van der Waals surface area contributed by atoms with Gasteiger partial charge in [0.1, 0.15) is 0 Å². The Morgan fingerprint density at radius 2 is 1.89 bits per heavy atom. The summed E-state index contributed by atoms with van der Waals surface area (Å²) in [5.41, 5.74) is 4.41. The number of carbonyl (C=O) groups excluding carboxylic acids is 1. The van der Waals surface area contributed by atoms with E-state index < -0.39 is 0 Å². The summed E-state index contributed by atoms with van der Waals surface area (Å²) in [7, 11) is 0. The number of hydrogen-bond donors (Lipinski definition) is 0. The van der Waals surface area contributed by atoms with Crippen molar-refractivity contribution in [2.75, 3.05) is 19.8 Å². The van der Waals surface area contributed by atoms with Crippen LogP contribution in [0.1, 0.15) is 41.9 Å². The van der Waals surface area contributed by atoms with E-state index in [1.54, 1.807) is 0 Å². The smallest absolute Gasteiger partial charge is 0.226 e. The van der Waals surface area contributed by atoms with E-state index in [4.69, 9.17) is 4.74 Å². The summed E-state index contributed by atoms with van der Waals surface area (Å²) in [5, 5.41) is 0. The van der Waals surface area contributed by atoms with E-state index in [1.807, 2.05) is 0 Å². The van der Waals surface area contributed by atoms with E-state index in [-0.39, 0.29) is 11.3 Å². The van der Waals surface area contributed by atoms with Gasteiger partial charge in [-0.15, -0.1) is 0 Å². The highest BCUT2D eigenvalue weighted by Gasteiger charge is 2.63. The molecule has 144 valence electrons. The molecule has 6 rings (SSSR count). The molecule has 1 saturated carbocycles. The third-order valence-corrected chi connectivity index (χ3v) is 7.95. The molecule has 0 aromatic heterocycles. The van der Waals surface area contributed by atoms with Gasteiger partial charge in [-0.3, -0.25) is 4.79 Å². The lowest BCUT2D eigenvalue weighted by atomic mass is 9.84. The third-order valence-electron chi connectivity index (χ3n) is 7.95. The molecule has 0 radical (unpaired) electrons. The molecule has 1 spiro atoms. The Balaban J connectivity index is 1.28. The fourth-order valence-corrected chi connectivity index (χ4v) is 6.43. The van der Waals surface area contributed by atoms with Gasteiger partial charge in [0.15, 0.2) is 0 Å². The number of aryl methyl sites for hydroxylation is 1.